The Hall–Kier alpha value is -1.44. The van der Waals surface area contributed by atoms with Crippen LogP contribution in [0.5, 0.6) is 0 Å². The number of aliphatic hydroxyl groups excluding tert-OH is 2. The molecule has 1 amide bonds. The van der Waals surface area contributed by atoms with Crippen LogP contribution >= 0.6 is 0 Å². The van der Waals surface area contributed by atoms with Crippen molar-refractivity contribution in [3.05, 3.63) is 12.2 Å². The highest BCUT2D eigenvalue weighted by Gasteiger charge is 2.63. The molecule has 0 bridgehead atoms. The number of ether oxygens (including phenoxy) is 5. The molecule has 2 spiro atoms. The summed E-state index contributed by atoms with van der Waals surface area (Å²) in [5.41, 5.74) is -1.62. The first-order valence-electron chi connectivity index (χ1n) is 24.8. The monoisotopic (exact) mass is 862 g/mol. The van der Waals surface area contributed by atoms with Crippen LogP contribution in [0.15, 0.2) is 12.2 Å². The summed E-state index contributed by atoms with van der Waals surface area (Å²) in [7, 11) is 0. The van der Waals surface area contributed by atoms with E-state index in [1.165, 1.54) is 0 Å². The van der Waals surface area contributed by atoms with Gasteiger partial charge in [-0.25, -0.2) is 0 Å². The zero-order valence-corrected chi connectivity index (χ0v) is 40.2. The van der Waals surface area contributed by atoms with Crippen LogP contribution in [0.1, 0.15) is 173 Å². The van der Waals surface area contributed by atoms with Crippen molar-refractivity contribution in [1.82, 2.24) is 4.90 Å². The van der Waals surface area contributed by atoms with Gasteiger partial charge in [0, 0.05) is 43.2 Å². The van der Waals surface area contributed by atoms with Gasteiger partial charge in [-0.2, -0.15) is 0 Å². The fourth-order valence-corrected chi connectivity index (χ4v) is 11.8. The van der Waals surface area contributed by atoms with Gasteiger partial charge in [0.15, 0.2) is 5.79 Å². The Bertz CT molecular complexity index is 1470. The van der Waals surface area contributed by atoms with Gasteiger partial charge in [0.25, 0.3) is 0 Å². The van der Waals surface area contributed by atoms with Crippen LogP contribution in [0, 0.1) is 41.4 Å². The topological polar surface area (TPSA) is 144 Å². The Morgan fingerprint density at radius 3 is 2.08 bits per heavy atom. The molecule has 11 heteroatoms. The lowest BCUT2D eigenvalue weighted by Crippen LogP contribution is -2.63. The molecule has 61 heavy (non-hydrogen) atoms. The summed E-state index contributed by atoms with van der Waals surface area (Å²) in [6, 6.07) is 0. The Morgan fingerprint density at radius 1 is 0.836 bits per heavy atom. The zero-order chi connectivity index (χ0) is 45.1. The Morgan fingerprint density at radius 2 is 1.49 bits per heavy atom. The number of hydrogen-bond donors (Lipinski definition) is 3. The smallest absolute Gasteiger partial charge is 0.228 e. The van der Waals surface area contributed by atoms with Crippen molar-refractivity contribution in [3.8, 4) is 0 Å². The van der Waals surface area contributed by atoms with Crippen LogP contribution in [0.3, 0.4) is 0 Å². The number of Topliss-reactive ketones (excluding diaryl/α,β-unsaturated/α-hetero) is 1. The van der Waals surface area contributed by atoms with E-state index in [-0.39, 0.29) is 65.7 Å². The second-order valence-electron chi connectivity index (χ2n) is 20.6. The highest BCUT2D eigenvalue weighted by atomic mass is 16.8. The van der Waals surface area contributed by atoms with Crippen molar-refractivity contribution < 1.29 is 48.6 Å². The van der Waals surface area contributed by atoms with Crippen molar-refractivity contribution in [1.29, 1.82) is 0 Å². The lowest BCUT2D eigenvalue weighted by atomic mass is 9.72. The van der Waals surface area contributed by atoms with Crippen LogP contribution in [-0.4, -0.2) is 111 Å². The minimum atomic E-state index is -1.36. The van der Waals surface area contributed by atoms with Crippen molar-refractivity contribution >= 4 is 11.7 Å². The molecule has 0 aromatic rings. The van der Waals surface area contributed by atoms with E-state index in [4.69, 9.17) is 23.7 Å². The third-order valence-electron chi connectivity index (χ3n) is 16.3. The summed E-state index contributed by atoms with van der Waals surface area (Å²) in [6.07, 6.45) is 10.5. The number of hydrogen-bond acceptors (Lipinski definition) is 10. The summed E-state index contributed by atoms with van der Waals surface area (Å²) >= 11 is 0. The van der Waals surface area contributed by atoms with Crippen molar-refractivity contribution in [3.63, 3.8) is 0 Å². The maximum atomic E-state index is 14.7. The SMILES string of the molecule is CCCCN(CCCC)C(=O)[C@H](CC)[C@H]1CC[C@H](C)[C@H]([C@@H](C)[C@H](O)[C@H](C)C(=O)[C@H](CC)[C@H]2O[C@]3(C=C[C@@H](O)[C@]4(CC[C@@](C)([C@H]5CC[C@](O)(CC)[C@H](C)O5)O4)O3)[C@H](C)C[C@@H]2C)O1. The van der Waals surface area contributed by atoms with Crippen molar-refractivity contribution in [2.24, 2.45) is 41.4 Å². The largest absolute Gasteiger partial charge is 0.392 e. The number of unbranched alkanes of at least 4 members (excludes halogenated alkanes) is 2. The summed E-state index contributed by atoms with van der Waals surface area (Å²) in [5.74, 6) is -4.10. The molecule has 4 saturated heterocycles. The molecule has 4 fully saturated rings. The van der Waals surface area contributed by atoms with E-state index in [1.54, 1.807) is 6.08 Å². The standard InChI is InChI=1S/C50H87NO10/c1-13-18-28-51(29-19-14-2)46(55)37(15-3)39-21-20-31(6)44(58-39)35(10)42(53)34(9)43(54)38(16-4)45-32(7)30-33(8)49(59-45)25-22-40(52)50(61-49)27-26-47(12,60-50)41-23-24-48(56,17-5)36(11)57-41/h22,25,31-42,44-45,52-53,56H,13-21,23-24,26-30H2,1-12H3/t31-,32-,33+,34-,35-,36-,37+,38-,39+,40+,41+,42+,44+,45-,47-,48+,49-,50-/m0/s1. The maximum Gasteiger partial charge on any atom is 0.228 e. The van der Waals surface area contributed by atoms with Crippen LogP contribution in [0.2, 0.25) is 0 Å². The molecule has 0 aromatic carbocycles. The molecule has 0 radical (unpaired) electrons. The number of ketones is 1. The Kier molecular flexibility index (Phi) is 17.2. The summed E-state index contributed by atoms with van der Waals surface area (Å²) in [4.78, 5) is 30.8. The maximum absolute atomic E-state index is 14.7. The third-order valence-corrected chi connectivity index (χ3v) is 16.3. The first kappa shape index (κ1) is 50.6. The molecule has 11 nitrogen and oxygen atoms in total. The molecular formula is C50H87NO10. The lowest BCUT2D eigenvalue weighted by molar-refractivity contribution is -0.409. The molecule has 0 saturated carbocycles. The molecule has 5 aliphatic rings. The molecule has 18 atom stereocenters. The molecule has 0 aliphatic carbocycles. The molecular weight excluding hydrogens is 775 g/mol. The number of nitrogens with zero attached hydrogens (tertiary/aromatic N) is 1. The van der Waals surface area contributed by atoms with E-state index in [0.29, 0.717) is 44.9 Å². The van der Waals surface area contributed by atoms with Gasteiger partial charge in [0.05, 0.1) is 53.7 Å². The minimum Gasteiger partial charge on any atom is -0.392 e. The van der Waals surface area contributed by atoms with E-state index < -0.39 is 52.9 Å². The number of amides is 1. The van der Waals surface area contributed by atoms with E-state index in [9.17, 15) is 24.9 Å². The number of carbonyl (C=O) groups excluding carboxylic acids is 2. The summed E-state index contributed by atoms with van der Waals surface area (Å²) in [6.45, 7) is 26.1. The van der Waals surface area contributed by atoms with Gasteiger partial charge >= 0.3 is 0 Å². The van der Waals surface area contributed by atoms with Gasteiger partial charge in [-0.3, -0.25) is 9.59 Å². The molecule has 0 aromatic heterocycles. The van der Waals surface area contributed by atoms with Gasteiger partial charge < -0.3 is 43.9 Å². The van der Waals surface area contributed by atoms with Crippen LogP contribution in [0.4, 0.5) is 0 Å². The molecule has 3 N–H and O–H groups in total. The molecule has 352 valence electrons. The number of aliphatic hydroxyl groups is 3. The molecule has 5 heterocycles. The Balaban J connectivity index is 1.29. The van der Waals surface area contributed by atoms with Gasteiger partial charge in [0.2, 0.25) is 11.7 Å². The average Bonchev–Trinajstić information content (AvgIpc) is 3.59. The summed E-state index contributed by atoms with van der Waals surface area (Å²) in [5, 5.41) is 34.7. The fourth-order valence-electron chi connectivity index (χ4n) is 11.8. The average molecular weight is 862 g/mol. The zero-order valence-electron chi connectivity index (χ0n) is 40.2. The van der Waals surface area contributed by atoms with E-state index in [2.05, 4.69) is 46.4 Å². The van der Waals surface area contributed by atoms with Crippen molar-refractivity contribution in [2.75, 3.05) is 13.1 Å². The van der Waals surface area contributed by atoms with Crippen LogP contribution < -0.4 is 0 Å². The predicted octanol–water partition coefficient (Wildman–Crippen LogP) is 8.53. The van der Waals surface area contributed by atoms with Gasteiger partial charge in [-0.1, -0.05) is 82.1 Å². The Labute approximate surface area is 369 Å². The van der Waals surface area contributed by atoms with E-state index in [0.717, 1.165) is 58.0 Å². The first-order chi connectivity index (χ1) is 28.8. The molecule has 0 unspecified atom stereocenters. The van der Waals surface area contributed by atoms with Gasteiger partial charge in [-0.05, 0) is 108 Å². The van der Waals surface area contributed by atoms with E-state index in [1.807, 2.05) is 47.6 Å². The summed E-state index contributed by atoms with van der Waals surface area (Å²) < 4.78 is 34.2. The second-order valence-corrected chi connectivity index (χ2v) is 20.6. The van der Waals surface area contributed by atoms with Gasteiger partial charge in [-0.15, -0.1) is 0 Å². The third kappa shape index (κ3) is 10.3. The van der Waals surface area contributed by atoms with E-state index >= 15 is 0 Å². The van der Waals surface area contributed by atoms with Crippen LogP contribution in [0.25, 0.3) is 0 Å². The number of carbonyl (C=O) groups is 2. The fraction of sp³-hybridized carbons (Fsp3) is 0.920. The first-order valence-corrected chi connectivity index (χ1v) is 24.8. The minimum absolute atomic E-state index is 0.0282. The quantitative estimate of drug-likeness (QED) is 0.115. The normalized spacial score (nSPS) is 41.7. The second kappa shape index (κ2) is 20.8. The predicted molar refractivity (Wildman–Crippen MR) is 237 cm³/mol. The van der Waals surface area contributed by atoms with Gasteiger partial charge in [0.1, 0.15) is 11.9 Å². The number of rotatable bonds is 18. The van der Waals surface area contributed by atoms with Crippen LogP contribution in [-0.2, 0) is 33.3 Å². The lowest BCUT2D eigenvalue weighted by Gasteiger charge is -2.54. The molecule has 5 rings (SSSR count). The molecule has 5 aliphatic heterocycles. The highest BCUT2D eigenvalue weighted by Crippen LogP contribution is 2.54. The van der Waals surface area contributed by atoms with Crippen molar-refractivity contribution in [2.45, 2.75) is 238 Å². The highest BCUT2D eigenvalue weighted by molar-refractivity contribution is 5.84.